The number of amides is 1. The Labute approximate surface area is 206 Å². The maximum absolute atomic E-state index is 13.4. The van der Waals surface area contributed by atoms with E-state index in [0.717, 1.165) is 4.47 Å². The second kappa shape index (κ2) is 10.9. The summed E-state index contributed by atoms with van der Waals surface area (Å²) < 4.78 is 2.36. The summed E-state index contributed by atoms with van der Waals surface area (Å²) in [5, 5.41) is 1.57. The van der Waals surface area contributed by atoms with E-state index in [9.17, 15) is 9.59 Å². The highest BCUT2D eigenvalue weighted by Crippen LogP contribution is 2.24. The van der Waals surface area contributed by atoms with Crippen molar-refractivity contribution in [3.05, 3.63) is 62.3 Å². The summed E-state index contributed by atoms with van der Waals surface area (Å²) >= 11 is 10.8. The number of benzene rings is 2. The summed E-state index contributed by atoms with van der Waals surface area (Å²) in [5.41, 5.74) is 1.07. The fraction of sp³-hybridized carbons (Fsp3) is 0.375. The molecular weight excluding hydrogens is 510 g/mol. The van der Waals surface area contributed by atoms with E-state index >= 15 is 0 Å². The summed E-state index contributed by atoms with van der Waals surface area (Å²) in [6.45, 7) is 9.84. The summed E-state index contributed by atoms with van der Waals surface area (Å²) in [4.78, 5) is 33.1. The Hall–Kier alpha value is -1.83. The van der Waals surface area contributed by atoms with Crippen LogP contribution in [0.15, 0.2) is 56.9 Å². The van der Waals surface area contributed by atoms with Gasteiger partial charge in [0.05, 0.1) is 22.3 Å². The first-order valence-corrected chi connectivity index (χ1v) is 12.7. The Morgan fingerprint density at radius 3 is 2.31 bits per heavy atom. The molecule has 3 aromatic rings. The fourth-order valence-corrected chi connectivity index (χ4v) is 4.83. The van der Waals surface area contributed by atoms with Gasteiger partial charge in [-0.3, -0.25) is 14.2 Å². The number of rotatable bonds is 8. The number of hydrogen-bond donors (Lipinski definition) is 0. The molecule has 0 aliphatic heterocycles. The van der Waals surface area contributed by atoms with Gasteiger partial charge in [0.25, 0.3) is 5.56 Å². The molecule has 0 bridgehead atoms. The minimum Gasteiger partial charge on any atom is -0.341 e. The van der Waals surface area contributed by atoms with Gasteiger partial charge in [0.15, 0.2) is 5.16 Å². The minimum atomic E-state index is -0.185. The van der Waals surface area contributed by atoms with Crippen molar-refractivity contribution in [1.82, 2.24) is 14.5 Å². The number of thioether (sulfide) groups is 1. The number of aromatic nitrogens is 2. The molecule has 0 fully saturated rings. The maximum Gasteiger partial charge on any atom is 0.266 e. The molecule has 1 amide bonds. The van der Waals surface area contributed by atoms with Crippen LogP contribution in [0.25, 0.3) is 16.6 Å². The van der Waals surface area contributed by atoms with Crippen LogP contribution in [0.5, 0.6) is 0 Å². The quantitative estimate of drug-likeness (QED) is 0.260. The Balaban J connectivity index is 2.00. The predicted molar refractivity (Wildman–Crippen MR) is 137 cm³/mol. The Bertz CT molecular complexity index is 1150. The average Bonchev–Trinajstić information content (AvgIpc) is 2.72. The molecule has 0 unspecified atom stereocenters. The van der Waals surface area contributed by atoms with Gasteiger partial charge in [-0.15, -0.1) is 0 Å². The molecule has 0 saturated carbocycles. The van der Waals surface area contributed by atoms with Crippen molar-refractivity contribution in [3.63, 3.8) is 0 Å². The molecular formula is C24H27BrClN3O2S. The van der Waals surface area contributed by atoms with Crippen LogP contribution in [0.2, 0.25) is 5.02 Å². The smallest absolute Gasteiger partial charge is 0.266 e. The van der Waals surface area contributed by atoms with E-state index in [1.807, 2.05) is 17.0 Å². The Kier molecular flexibility index (Phi) is 8.42. The molecule has 5 nitrogen and oxygen atoms in total. The van der Waals surface area contributed by atoms with Crippen LogP contribution < -0.4 is 5.56 Å². The number of carbonyl (C=O) groups excluding carboxylic acids is 1. The molecule has 0 N–H and O–H groups in total. The molecule has 170 valence electrons. The van der Waals surface area contributed by atoms with Crippen molar-refractivity contribution in [3.8, 4) is 5.69 Å². The molecule has 0 aliphatic rings. The fourth-order valence-electron chi connectivity index (χ4n) is 3.43. The van der Waals surface area contributed by atoms with E-state index in [2.05, 4.69) is 43.6 Å². The van der Waals surface area contributed by atoms with Crippen LogP contribution in [-0.2, 0) is 4.79 Å². The minimum absolute atomic E-state index is 0.0465. The summed E-state index contributed by atoms with van der Waals surface area (Å²) in [6.07, 6.45) is 0. The summed E-state index contributed by atoms with van der Waals surface area (Å²) in [6, 6.07) is 12.5. The first-order valence-electron chi connectivity index (χ1n) is 10.5. The zero-order valence-corrected chi connectivity index (χ0v) is 21.8. The van der Waals surface area contributed by atoms with Crippen molar-refractivity contribution in [1.29, 1.82) is 0 Å². The highest BCUT2D eigenvalue weighted by Gasteiger charge is 2.19. The standard InChI is InChI=1S/C24H27BrClN3O2S/c1-15(2)12-28(13-16(3)4)22(30)14-32-24-27-21-10-5-17(25)11-20(21)23(31)29(24)19-8-6-18(26)7-9-19/h5-11,15-16H,12-14H2,1-4H3. The summed E-state index contributed by atoms with van der Waals surface area (Å²) in [7, 11) is 0. The van der Waals surface area contributed by atoms with Crippen LogP contribution >= 0.6 is 39.3 Å². The number of nitrogens with zero attached hydrogens (tertiary/aromatic N) is 3. The molecule has 0 atom stereocenters. The Morgan fingerprint density at radius 1 is 1.09 bits per heavy atom. The van der Waals surface area contributed by atoms with Gasteiger partial charge in [-0.2, -0.15) is 0 Å². The van der Waals surface area contributed by atoms with E-state index in [4.69, 9.17) is 16.6 Å². The number of carbonyl (C=O) groups is 1. The highest BCUT2D eigenvalue weighted by atomic mass is 79.9. The molecule has 3 rings (SSSR count). The van der Waals surface area contributed by atoms with Crippen LogP contribution in [0, 0.1) is 11.8 Å². The third-order valence-electron chi connectivity index (χ3n) is 4.73. The van der Waals surface area contributed by atoms with E-state index in [-0.39, 0.29) is 17.2 Å². The lowest BCUT2D eigenvalue weighted by Gasteiger charge is -2.26. The van der Waals surface area contributed by atoms with E-state index in [0.29, 0.717) is 51.7 Å². The first kappa shape index (κ1) is 24.8. The lowest BCUT2D eigenvalue weighted by Crippen LogP contribution is -2.38. The molecule has 0 radical (unpaired) electrons. The van der Waals surface area contributed by atoms with E-state index < -0.39 is 0 Å². The SMILES string of the molecule is CC(C)CN(CC(C)C)C(=O)CSc1nc2ccc(Br)cc2c(=O)n1-c1ccc(Cl)cc1. The van der Waals surface area contributed by atoms with Crippen molar-refractivity contribution in [2.45, 2.75) is 32.9 Å². The van der Waals surface area contributed by atoms with Gasteiger partial charge >= 0.3 is 0 Å². The molecule has 1 aromatic heterocycles. The lowest BCUT2D eigenvalue weighted by molar-refractivity contribution is -0.129. The first-order chi connectivity index (χ1) is 15.2. The topological polar surface area (TPSA) is 55.2 Å². The zero-order valence-electron chi connectivity index (χ0n) is 18.6. The zero-order chi connectivity index (χ0) is 23.4. The van der Waals surface area contributed by atoms with E-state index in [1.165, 1.54) is 11.8 Å². The molecule has 2 aromatic carbocycles. The van der Waals surface area contributed by atoms with Crippen molar-refractivity contribution < 1.29 is 4.79 Å². The van der Waals surface area contributed by atoms with Gasteiger partial charge in [0, 0.05) is 22.6 Å². The van der Waals surface area contributed by atoms with Gasteiger partial charge in [0.2, 0.25) is 5.91 Å². The van der Waals surface area contributed by atoms with E-state index in [1.54, 1.807) is 34.9 Å². The lowest BCUT2D eigenvalue weighted by atomic mass is 10.1. The van der Waals surface area contributed by atoms with Crippen molar-refractivity contribution in [2.24, 2.45) is 11.8 Å². The molecule has 32 heavy (non-hydrogen) atoms. The highest BCUT2D eigenvalue weighted by molar-refractivity contribution is 9.10. The molecule has 0 saturated heterocycles. The van der Waals surface area contributed by atoms with Crippen molar-refractivity contribution >= 4 is 56.1 Å². The predicted octanol–water partition coefficient (Wildman–Crippen LogP) is 6.03. The second-order valence-electron chi connectivity index (χ2n) is 8.55. The van der Waals surface area contributed by atoms with Crippen LogP contribution in [0.3, 0.4) is 0 Å². The maximum atomic E-state index is 13.4. The number of halogens is 2. The van der Waals surface area contributed by atoms with Crippen LogP contribution in [-0.4, -0.2) is 39.2 Å². The van der Waals surface area contributed by atoms with Gasteiger partial charge in [-0.25, -0.2) is 4.98 Å². The second-order valence-corrected chi connectivity index (χ2v) is 10.8. The number of fused-ring (bicyclic) bond motifs is 1. The molecule has 8 heteroatoms. The van der Waals surface area contributed by atoms with Crippen LogP contribution in [0.4, 0.5) is 0 Å². The normalized spacial score (nSPS) is 11.5. The monoisotopic (exact) mass is 535 g/mol. The van der Waals surface area contributed by atoms with Gasteiger partial charge in [-0.05, 0) is 54.3 Å². The largest absolute Gasteiger partial charge is 0.341 e. The van der Waals surface area contributed by atoms with Crippen molar-refractivity contribution in [2.75, 3.05) is 18.8 Å². The number of hydrogen-bond acceptors (Lipinski definition) is 4. The average molecular weight is 537 g/mol. The molecule has 1 heterocycles. The van der Waals surface area contributed by atoms with Gasteiger partial charge in [-0.1, -0.05) is 67.0 Å². The molecule has 0 spiro atoms. The third kappa shape index (κ3) is 6.15. The van der Waals surface area contributed by atoms with Gasteiger partial charge < -0.3 is 4.90 Å². The summed E-state index contributed by atoms with van der Waals surface area (Å²) in [5.74, 6) is 1.02. The van der Waals surface area contributed by atoms with Gasteiger partial charge in [0.1, 0.15) is 0 Å². The molecule has 0 aliphatic carbocycles. The van der Waals surface area contributed by atoms with Crippen LogP contribution in [0.1, 0.15) is 27.7 Å². The Morgan fingerprint density at radius 2 is 1.72 bits per heavy atom. The third-order valence-corrected chi connectivity index (χ3v) is 6.40.